The summed E-state index contributed by atoms with van der Waals surface area (Å²) in [5, 5.41) is 0.627. The number of pyridine rings is 1. The highest BCUT2D eigenvalue weighted by Crippen LogP contribution is 2.46. The predicted octanol–water partition coefficient (Wildman–Crippen LogP) is 5.89. The molecule has 2 aliphatic heterocycles. The summed E-state index contributed by atoms with van der Waals surface area (Å²) < 4.78 is 10.9. The van der Waals surface area contributed by atoms with E-state index in [1.54, 1.807) is 7.11 Å². The van der Waals surface area contributed by atoms with Crippen molar-refractivity contribution in [3.05, 3.63) is 64.7 Å². The van der Waals surface area contributed by atoms with Crippen LogP contribution in [-0.2, 0) is 16.1 Å². The lowest BCUT2D eigenvalue weighted by Crippen LogP contribution is -2.56. The van der Waals surface area contributed by atoms with Crippen molar-refractivity contribution in [3.63, 3.8) is 0 Å². The largest absolute Gasteiger partial charge is 0.481 e. The van der Waals surface area contributed by atoms with Crippen LogP contribution in [0.3, 0.4) is 0 Å². The molecule has 0 unspecified atom stereocenters. The molecule has 36 heavy (non-hydrogen) atoms. The van der Waals surface area contributed by atoms with Crippen molar-refractivity contribution in [2.75, 3.05) is 26.5 Å². The van der Waals surface area contributed by atoms with E-state index in [1.165, 1.54) is 7.11 Å². The number of ether oxygens (including phenoxy) is 2. The van der Waals surface area contributed by atoms with E-state index in [1.807, 2.05) is 49.4 Å². The fourth-order valence-corrected chi connectivity index (χ4v) is 6.21. The molecule has 0 spiro atoms. The van der Waals surface area contributed by atoms with Gasteiger partial charge >= 0.3 is 5.97 Å². The standard InChI is InChI=1S/C29H32ClN3O3/c1-18-21(6-5-9-24(18)31)22-7-4-8-23(26(22)30)25-11-10-19(27(32-25)35-2)16-33-17-29(28(34)36-3)14-12-20(33)13-15-29/h4-11,20H,12-17,31H2,1-3H3. The van der Waals surface area contributed by atoms with E-state index < -0.39 is 5.41 Å². The number of nitrogen functional groups attached to an aromatic ring is 1. The third-order valence-electron chi connectivity index (χ3n) is 8.00. The number of carbonyl (C=O) groups is 1. The van der Waals surface area contributed by atoms with E-state index in [0.29, 0.717) is 30.0 Å². The zero-order valence-electron chi connectivity index (χ0n) is 21.0. The maximum Gasteiger partial charge on any atom is 0.313 e. The van der Waals surface area contributed by atoms with Crippen LogP contribution in [0.5, 0.6) is 5.88 Å². The maximum absolute atomic E-state index is 12.6. The summed E-state index contributed by atoms with van der Waals surface area (Å²) in [6.07, 6.45) is 3.82. The summed E-state index contributed by atoms with van der Waals surface area (Å²) in [7, 11) is 3.13. The molecule has 0 amide bonds. The van der Waals surface area contributed by atoms with Crippen molar-refractivity contribution in [1.29, 1.82) is 0 Å². The van der Waals surface area contributed by atoms with Crippen molar-refractivity contribution in [2.45, 2.75) is 45.2 Å². The molecule has 6 nitrogen and oxygen atoms in total. The van der Waals surface area contributed by atoms with E-state index in [9.17, 15) is 4.79 Å². The molecule has 3 heterocycles. The summed E-state index contributed by atoms with van der Waals surface area (Å²) in [6.45, 7) is 3.39. The Morgan fingerprint density at radius 3 is 2.50 bits per heavy atom. The summed E-state index contributed by atoms with van der Waals surface area (Å²) in [4.78, 5) is 19.8. The number of carbonyl (C=O) groups excluding carboxylic acids is 1. The van der Waals surface area contributed by atoms with Crippen LogP contribution in [0.1, 0.15) is 36.8 Å². The van der Waals surface area contributed by atoms with Crippen molar-refractivity contribution in [1.82, 2.24) is 9.88 Å². The first-order valence-electron chi connectivity index (χ1n) is 12.4. The highest BCUT2D eigenvalue weighted by atomic mass is 35.5. The van der Waals surface area contributed by atoms with Gasteiger partial charge in [0, 0.05) is 41.5 Å². The molecular weight excluding hydrogens is 474 g/mol. The molecule has 6 rings (SSSR count). The number of nitrogens with two attached hydrogens (primary N) is 1. The Morgan fingerprint density at radius 1 is 1.08 bits per heavy atom. The summed E-state index contributed by atoms with van der Waals surface area (Å²) in [6, 6.07) is 16.3. The highest BCUT2D eigenvalue weighted by Gasteiger charge is 2.50. The molecule has 1 aromatic heterocycles. The van der Waals surface area contributed by atoms with Gasteiger partial charge in [0.15, 0.2) is 0 Å². The molecule has 2 aromatic carbocycles. The molecule has 2 saturated heterocycles. The monoisotopic (exact) mass is 505 g/mol. The van der Waals surface area contributed by atoms with Crippen molar-refractivity contribution >= 4 is 23.3 Å². The van der Waals surface area contributed by atoms with Crippen LogP contribution >= 0.6 is 11.6 Å². The number of hydrogen-bond donors (Lipinski definition) is 1. The number of piperidine rings is 2. The van der Waals surface area contributed by atoms with Gasteiger partial charge in [0.2, 0.25) is 5.88 Å². The minimum Gasteiger partial charge on any atom is -0.481 e. The Hall–Kier alpha value is -3.09. The lowest BCUT2D eigenvalue weighted by molar-refractivity contribution is -0.163. The normalized spacial score (nSPS) is 21.4. The number of esters is 1. The van der Waals surface area contributed by atoms with Gasteiger partial charge < -0.3 is 15.2 Å². The van der Waals surface area contributed by atoms with Crippen LogP contribution in [0, 0.1) is 12.3 Å². The van der Waals surface area contributed by atoms with Crippen molar-refractivity contribution in [3.8, 4) is 28.3 Å². The third kappa shape index (κ3) is 4.22. The van der Waals surface area contributed by atoms with Gasteiger partial charge in [-0.05, 0) is 55.9 Å². The van der Waals surface area contributed by atoms with Crippen molar-refractivity contribution < 1.29 is 14.3 Å². The van der Waals surface area contributed by atoms with Gasteiger partial charge in [-0.25, -0.2) is 4.98 Å². The number of halogens is 1. The van der Waals surface area contributed by atoms with Gasteiger partial charge in [-0.1, -0.05) is 48.0 Å². The van der Waals surface area contributed by atoms with Gasteiger partial charge in [0.1, 0.15) is 0 Å². The average Bonchev–Trinajstić information content (AvgIpc) is 2.91. The molecule has 188 valence electrons. The molecule has 3 aromatic rings. The summed E-state index contributed by atoms with van der Waals surface area (Å²) in [5.74, 6) is 0.485. The van der Waals surface area contributed by atoms with Gasteiger partial charge in [-0.3, -0.25) is 9.69 Å². The van der Waals surface area contributed by atoms with Crippen LogP contribution in [0.15, 0.2) is 48.5 Å². The number of benzene rings is 2. The Bertz CT molecular complexity index is 1300. The average molecular weight is 506 g/mol. The van der Waals surface area contributed by atoms with Gasteiger partial charge in [-0.2, -0.15) is 0 Å². The van der Waals surface area contributed by atoms with Gasteiger partial charge in [-0.15, -0.1) is 0 Å². The first-order chi connectivity index (χ1) is 17.4. The van der Waals surface area contributed by atoms with Crippen LogP contribution in [0.4, 0.5) is 5.69 Å². The van der Waals surface area contributed by atoms with Crippen LogP contribution in [0.2, 0.25) is 5.02 Å². The molecular formula is C29H32ClN3O3. The topological polar surface area (TPSA) is 77.7 Å². The fraction of sp³-hybridized carbons (Fsp3) is 0.379. The predicted molar refractivity (Wildman–Crippen MR) is 143 cm³/mol. The number of anilines is 1. The molecule has 1 aliphatic carbocycles. The summed E-state index contributed by atoms with van der Waals surface area (Å²) >= 11 is 6.92. The van der Waals surface area contributed by atoms with Gasteiger partial charge in [0.05, 0.1) is 30.4 Å². The molecule has 0 atom stereocenters. The molecule has 1 saturated carbocycles. The van der Waals surface area contributed by atoms with E-state index in [2.05, 4.69) is 11.0 Å². The molecule has 0 radical (unpaired) electrons. The van der Waals surface area contributed by atoms with Crippen LogP contribution < -0.4 is 10.5 Å². The van der Waals surface area contributed by atoms with E-state index >= 15 is 0 Å². The molecule has 3 aliphatic rings. The molecule has 2 bridgehead atoms. The van der Waals surface area contributed by atoms with Crippen molar-refractivity contribution in [2.24, 2.45) is 5.41 Å². The lowest BCUT2D eigenvalue weighted by Gasteiger charge is -2.51. The number of methoxy groups -OCH3 is 2. The molecule has 3 fully saturated rings. The summed E-state index contributed by atoms with van der Waals surface area (Å²) in [5.41, 5.74) is 12.0. The fourth-order valence-electron chi connectivity index (χ4n) is 5.88. The first kappa shape index (κ1) is 24.6. The highest BCUT2D eigenvalue weighted by molar-refractivity contribution is 6.36. The number of nitrogens with zero attached hydrogens (tertiary/aromatic N) is 2. The second-order valence-corrected chi connectivity index (χ2v) is 10.3. The van der Waals surface area contributed by atoms with Gasteiger partial charge in [0.25, 0.3) is 0 Å². The smallest absolute Gasteiger partial charge is 0.313 e. The second kappa shape index (κ2) is 9.75. The number of rotatable bonds is 6. The second-order valence-electron chi connectivity index (χ2n) is 9.96. The van der Waals surface area contributed by atoms with E-state index in [-0.39, 0.29) is 5.97 Å². The van der Waals surface area contributed by atoms with Crippen LogP contribution in [-0.4, -0.2) is 42.7 Å². The Labute approximate surface area is 217 Å². The maximum atomic E-state index is 12.6. The number of hydrogen-bond acceptors (Lipinski definition) is 6. The lowest BCUT2D eigenvalue weighted by atomic mass is 9.67. The number of fused-ring (bicyclic) bond motifs is 3. The minimum atomic E-state index is -0.392. The number of aromatic nitrogens is 1. The van der Waals surface area contributed by atoms with E-state index in [0.717, 1.165) is 64.9 Å². The Morgan fingerprint density at radius 2 is 1.78 bits per heavy atom. The Balaban J connectivity index is 1.45. The van der Waals surface area contributed by atoms with E-state index in [4.69, 9.17) is 31.8 Å². The van der Waals surface area contributed by atoms with Crippen LogP contribution in [0.25, 0.3) is 22.4 Å². The third-order valence-corrected chi connectivity index (χ3v) is 8.41. The molecule has 7 heteroatoms. The Kier molecular flexibility index (Phi) is 6.66. The quantitative estimate of drug-likeness (QED) is 0.332. The molecule has 2 N–H and O–H groups in total. The zero-order valence-corrected chi connectivity index (χ0v) is 21.8. The minimum absolute atomic E-state index is 0.0870. The first-order valence-corrected chi connectivity index (χ1v) is 12.8. The SMILES string of the molecule is COC(=O)C12CCC(CC1)N(Cc1ccc(-c3cccc(-c4cccc(N)c4C)c3Cl)nc1OC)C2. The zero-order chi connectivity index (χ0) is 25.4.